The zero-order chi connectivity index (χ0) is 43.0. The third-order valence-corrected chi connectivity index (χ3v) is 11.8. The molecule has 9 aromatic carbocycles. The third-order valence-electron chi connectivity index (χ3n) is 11.8. The van der Waals surface area contributed by atoms with Crippen molar-refractivity contribution >= 4 is 28.5 Å². The van der Waals surface area contributed by atoms with Gasteiger partial charge in [-0.05, 0) is 110 Å². The standard InChI is InChI=1S/C48H39N3.C12H10/c1-48(2)44-16-10-9-15-42(44)43-30-23-38(31-45(43)48)46(49)32-47(37-13-7-4-8-14-37)51-41-28-21-36(22-29-41)35-19-26-40(27-20-35)50-39-24-17-34(18-25-39)33-11-5-3-6-12-33;1-3-7-11(8-4-1)12-9-5-2-6-10-12/h3-32,50H,49H2,1-2H3;1-10H/b46-32-,51-47?;. The Morgan fingerprint density at radius 2 is 0.825 bits per heavy atom. The van der Waals surface area contributed by atoms with Crippen LogP contribution in [0.25, 0.3) is 50.2 Å². The van der Waals surface area contributed by atoms with Gasteiger partial charge in [-0.2, -0.15) is 0 Å². The molecule has 10 rings (SSSR count). The molecule has 1 aliphatic carbocycles. The highest BCUT2D eigenvalue weighted by atomic mass is 14.9. The largest absolute Gasteiger partial charge is 0.398 e. The minimum Gasteiger partial charge on any atom is -0.398 e. The molecule has 0 fully saturated rings. The van der Waals surface area contributed by atoms with Crippen LogP contribution in [-0.4, -0.2) is 5.71 Å². The molecule has 0 bridgehead atoms. The van der Waals surface area contributed by atoms with E-state index in [1.165, 1.54) is 44.5 Å². The summed E-state index contributed by atoms with van der Waals surface area (Å²) in [4.78, 5) is 5.10. The maximum Gasteiger partial charge on any atom is 0.0729 e. The molecule has 9 aromatic rings. The fraction of sp³-hybridized carbons (Fsp3) is 0.0500. The average molecular weight is 812 g/mol. The predicted molar refractivity (Wildman–Crippen MR) is 268 cm³/mol. The van der Waals surface area contributed by atoms with Gasteiger partial charge in [0.1, 0.15) is 0 Å². The van der Waals surface area contributed by atoms with E-state index < -0.39 is 0 Å². The number of nitrogens with zero attached hydrogens (tertiary/aromatic N) is 1. The summed E-state index contributed by atoms with van der Waals surface area (Å²) in [6.45, 7) is 4.58. The third kappa shape index (κ3) is 9.19. The number of fused-ring (bicyclic) bond motifs is 3. The Morgan fingerprint density at radius 3 is 1.33 bits per heavy atom. The number of hydrogen-bond acceptors (Lipinski definition) is 3. The van der Waals surface area contributed by atoms with Crippen LogP contribution in [0.4, 0.5) is 17.1 Å². The van der Waals surface area contributed by atoms with Gasteiger partial charge in [0.25, 0.3) is 0 Å². The summed E-state index contributed by atoms with van der Waals surface area (Å²) in [6.07, 6.45) is 2.00. The molecule has 3 heteroatoms. The highest BCUT2D eigenvalue weighted by molar-refractivity contribution is 6.13. The van der Waals surface area contributed by atoms with Crippen molar-refractivity contribution in [2.24, 2.45) is 10.7 Å². The van der Waals surface area contributed by atoms with Crippen molar-refractivity contribution in [3.8, 4) is 44.5 Å². The number of anilines is 2. The van der Waals surface area contributed by atoms with E-state index in [1.54, 1.807) is 0 Å². The van der Waals surface area contributed by atoms with Crippen molar-refractivity contribution in [3.63, 3.8) is 0 Å². The molecule has 63 heavy (non-hydrogen) atoms. The molecule has 0 spiro atoms. The summed E-state index contributed by atoms with van der Waals surface area (Å²) in [5.74, 6) is 0. The lowest BCUT2D eigenvalue weighted by atomic mass is 9.82. The molecule has 0 heterocycles. The van der Waals surface area contributed by atoms with Crippen molar-refractivity contribution in [3.05, 3.63) is 265 Å². The van der Waals surface area contributed by atoms with E-state index in [-0.39, 0.29) is 5.41 Å². The van der Waals surface area contributed by atoms with Crippen molar-refractivity contribution in [1.29, 1.82) is 0 Å². The van der Waals surface area contributed by atoms with Gasteiger partial charge in [-0.15, -0.1) is 0 Å². The van der Waals surface area contributed by atoms with Crippen LogP contribution in [-0.2, 0) is 5.41 Å². The zero-order valence-corrected chi connectivity index (χ0v) is 35.6. The molecular formula is C60H49N3. The van der Waals surface area contributed by atoms with Crippen LogP contribution in [0.3, 0.4) is 0 Å². The Morgan fingerprint density at radius 1 is 0.413 bits per heavy atom. The van der Waals surface area contributed by atoms with Crippen LogP contribution in [0, 0.1) is 0 Å². The van der Waals surface area contributed by atoms with E-state index in [1.807, 2.05) is 42.5 Å². The molecule has 0 unspecified atom stereocenters. The van der Waals surface area contributed by atoms with Crippen LogP contribution in [0.1, 0.15) is 36.1 Å². The fourth-order valence-corrected chi connectivity index (χ4v) is 8.32. The Labute approximate surface area is 371 Å². The van der Waals surface area contributed by atoms with Gasteiger partial charge in [-0.25, -0.2) is 4.99 Å². The fourth-order valence-electron chi connectivity index (χ4n) is 8.32. The summed E-state index contributed by atoms with van der Waals surface area (Å²) < 4.78 is 0. The first-order chi connectivity index (χ1) is 30.9. The summed E-state index contributed by atoms with van der Waals surface area (Å²) in [6, 6.07) is 82.2. The topological polar surface area (TPSA) is 50.4 Å². The molecule has 0 aromatic heterocycles. The number of rotatable bonds is 9. The molecule has 0 amide bonds. The Hall–Kier alpha value is -8.01. The van der Waals surface area contributed by atoms with Crippen molar-refractivity contribution in [2.75, 3.05) is 5.32 Å². The second kappa shape index (κ2) is 18.3. The van der Waals surface area contributed by atoms with E-state index in [4.69, 9.17) is 10.7 Å². The van der Waals surface area contributed by atoms with E-state index >= 15 is 0 Å². The smallest absolute Gasteiger partial charge is 0.0729 e. The molecule has 304 valence electrons. The molecule has 0 saturated heterocycles. The van der Waals surface area contributed by atoms with Crippen molar-refractivity contribution in [2.45, 2.75) is 19.3 Å². The predicted octanol–water partition coefficient (Wildman–Crippen LogP) is 15.5. The number of hydrogen-bond donors (Lipinski definition) is 2. The minimum atomic E-state index is -0.0910. The molecule has 3 nitrogen and oxygen atoms in total. The number of nitrogens with two attached hydrogens (primary N) is 1. The second-order valence-electron chi connectivity index (χ2n) is 16.3. The lowest BCUT2D eigenvalue weighted by Crippen LogP contribution is -2.15. The van der Waals surface area contributed by atoms with E-state index in [0.717, 1.165) is 45.0 Å². The lowest BCUT2D eigenvalue weighted by Gasteiger charge is -2.22. The number of aliphatic imine (C=N–C) groups is 1. The Kier molecular flexibility index (Phi) is 11.7. The van der Waals surface area contributed by atoms with Crippen molar-refractivity contribution < 1.29 is 0 Å². The minimum absolute atomic E-state index is 0.0910. The van der Waals surface area contributed by atoms with Gasteiger partial charge >= 0.3 is 0 Å². The van der Waals surface area contributed by atoms with Gasteiger partial charge in [0.05, 0.1) is 11.4 Å². The van der Waals surface area contributed by atoms with Crippen LogP contribution < -0.4 is 11.1 Å². The van der Waals surface area contributed by atoms with E-state index in [2.05, 4.69) is 219 Å². The lowest BCUT2D eigenvalue weighted by molar-refractivity contribution is 0.660. The molecule has 0 aliphatic heterocycles. The summed E-state index contributed by atoms with van der Waals surface area (Å²) in [7, 11) is 0. The summed E-state index contributed by atoms with van der Waals surface area (Å²) in [5.41, 5.74) is 25.7. The first kappa shape index (κ1) is 40.4. The molecule has 0 atom stereocenters. The van der Waals surface area contributed by atoms with Crippen LogP contribution in [0.5, 0.6) is 0 Å². The molecule has 0 radical (unpaired) electrons. The average Bonchev–Trinajstić information content (AvgIpc) is 3.58. The van der Waals surface area contributed by atoms with Crippen LogP contribution >= 0.6 is 0 Å². The molecule has 3 N–H and O–H groups in total. The highest BCUT2D eigenvalue weighted by Gasteiger charge is 2.35. The molecule has 0 saturated carbocycles. The molecular weight excluding hydrogens is 763 g/mol. The van der Waals surface area contributed by atoms with Gasteiger partial charge in [-0.3, -0.25) is 0 Å². The van der Waals surface area contributed by atoms with Gasteiger partial charge in [0.15, 0.2) is 0 Å². The quantitative estimate of drug-likeness (QED) is 0.143. The Bertz CT molecular complexity index is 2950. The SMILES string of the molecule is CC1(C)c2ccccc2-c2ccc(/C(N)=C/C(=Nc3ccc(-c4ccc(Nc5ccc(-c6ccccc6)cc5)cc4)cc3)c3ccccc3)cc21.c1ccc(-c2ccccc2)cc1. The van der Waals surface area contributed by atoms with Crippen LogP contribution in [0.15, 0.2) is 248 Å². The normalized spacial score (nSPS) is 12.7. The van der Waals surface area contributed by atoms with Gasteiger partial charge in [0.2, 0.25) is 0 Å². The van der Waals surface area contributed by atoms with Crippen LogP contribution in [0.2, 0.25) is 0 Å². The van der Waals surface area contributed by atoms with E-state index in [0.29, 0.717) is 5.70 Å². The number of nitrogens with one attached hydrogen (secondary N) is 1. The second-order valence-corrected chi connectivity index (χ2v) is 16.3. The maximum atomic E-state index is 6.84. The molecule has 1 aliphatic rings. The van der Waals surface area contributed by atoms with Crippen molar-refractivity contribution in [1.82, 2.24) is 0 Å². The maximum absolute atomic E-state index is 6.84. The van der Waals surface area contributed by atoms with E-state index in [9.17, 15) is 0 Å². The summed E-state index contributed by atoms with van der Waals surface area (Å²) >= 11 is 0. The number of allylic oxidation sites excluding steroid dienone is 1. The first-order valence-electron chi connectivity index (χ1n) is 21.5. The Balaban J connectivity index is 0.000000361. The zero-order valence-electron chi connectivity index (χ0n) is 35.6. The van der Waals surface area contributed by atoms with Gasteiger partial charge in [0, 0.05) is 28.1 Å². The van der Waals surface area contributed by atoms with Gasteiger partial charge in [-0.1, -0.05) is 208 Å². The highest BCUT2D eigenvalue weighted by Crippen LogP contribution is 2.49. The number of benzene rings is 9. The monoisotopic (exact) mass is 811 g/mol. The van der Waals surface area contributed by atoms with Gasteiger partial charge < -0.3 is 11.1 Å². The first-order valence-corrected chi connectivity index (χ1v) is 21.5. The summed E-state index contributed by atoms with van der Waals surface area (Å²) in [5, 5.41) is 3.52.